The number of non-ortho nitro benzene ring substituents is 1. The molecule has 1 unspecified atom stereocenters. The second-order valence-corrected chi connectivity index (χ2v) is 15.2. The summed E-state index contributed by atoms with van der Waals surface area (Å²) >= 11 is 0. The summed E-state index contributed by atoms with van der Waals surface area (Å²) in [7, 11) is 0. The molecule has 0 bridgehead atoms. The van der Waals surface area contributed by atoms with Crippen LogP contribution in [0.5, 0.6) is 0 Å². The van der Waals surface area contributed by atoms with Gasteiger partial charge in [-0.25, -0.2) is 0 Å². The summed E-state index contributed by atoms with van der Waals surface area (Å²) in [4.78, 5) is 38.9. The van der Waals surface area contributed by atoms with E-state index < -0.39 is 15.8 Å². The average Bonchev–Trinajstić information content (AvgIpc) is 3.20. The van der Waals surface area contributed by atoms with E-state index in [-0.39, 0.29) is 24.2 Å². The molecule has 56 heavy (non-hydrogen) atoms. The molecule has 304 valence electrons. The maximum atomic E-state index is 13.3. The average molecular weight is 771 g/mol. The molecule has 12 heteroatoms. The lowest BCUT2D eigenvalue weighted by atomic mass is 9.72. The summed E-state index contributed by atoms with van der Waals surface area (Å²) in [5.41, 5.74) is 1.77. The fourth-order valence-electron chi connectivity index (χ4n) is 6.42. The molecule has 0 saturated heterocycles. The number of carbonyl (C=O) groups excluding carboxylic acids is 2. The number of ether oxygens (including phenoxy) is 2. The molecule has 1 atom stereocenters. The summed E-state index contributed by atoms with van der Waals surface area (Å²) in [6.45, 7) is 13.7. The normalized spacial score (nSPS) is 12.8. The Kier molecular flexibility index (Phi) is 19.3. The number of benzene rings is 3. The SMILES string of the molecule is CCCCCCCCCCCCOC(=O)C(C)(CC)CC(C)(C)C(=O)OCCN(CC)c1ccc(N=Nc2ccc(N=Nc3ccc([N+](=O)[O-])cc3)cc2)cc1. The van der Waals surface area contributed by atoms with Crippen molar-refractivity contribution in [1.29, 1.82) is 0 Å². The number of unbranched alkanes of at least 4 members (excludes halogenated alkanes) is 9. The highest BCUT2D eigenvalue weighted by molar-refractivity contribution is 5.80. The Hall–Kier alpha value is -5.00. The van der Waals surface area contributed by atoms with Crippen LogP contribution in [0.1, 0.15) is 119 Å². The van der Waals surface area contributed by atoms with Gasteiger partial charge in [-0.15, -0.1) is 0 Å². The first kappa shape index (κ1) is 45.4. The molecular weight excluding hydrogens is 709 g/mol. The highest BCUT2D eigenvalue weighted by Crippen LogP contribution is 2.38. The van der Waals surface area contributed by atoms with Crippen LogP contribution in [-0.4, -0.2) is 43.2 Å². The van der Waals surface area contributed by atoms with Crippen LogP contribution in [0.3, 0.4) is 0 Å². The van der Waals surface area contributed by atoms with E-state index in [4.69, 9.17) is 9.47 Å². The van der Waals surface area contributed by atoms with E-state index in [9.17, 15) is 19.7 Å². The molecule has 0 amide bonds. The van der Waals surface area contributed by atoms with E-state index in [1.807, 2.05) is 58.9 Å². The zero-order chi connectivity index (χ0) is 40.8. The Morgan fingerprint density at radius 3 is 1.50 bits per heavy atom. The third-order valence-electron chi connectivity index (χ3n) is 10.1. The number of hydrogen-bond donors (Lipinski definition) is 0. The Labute approximate surface area is 333 Å². The van der Waals surface area contributed by atoms with Gasteiger partial charge in [-0.3, -0.25) is 19.7 Å². The molecule has 3 aromatic rings. The van der Waals surface area contributed by atoms with Crippen LogP contribution < -0.4 is 4.90 Å². The number of nitrogens with zero attached hydrogens (tertiary/aromatic N) is 6. The fraction of sp³-hybridized carbons (Fsp3) is 0.545. The summed E-state index contributed by atoms with van der Waals surface area (Å²) < 4.78 is 11.5. The predicted molar refractivity (Wildman–Crippen MR) is 223 cm³/mol. The van der Waals surface area contributed by atoms with Crippen molar-refractivity contribution in [1.82, 2.24) is 0 Å². The largest absolute Gasteiger partial charge is 0.465 e. The van der Waals surface area contributed by atoms with Crippen molar-refractivity contribution in [3.8, 4) is 0 Å². The first-order chi connectivity index (χ1) is 26.9. The number of hydrogen-bond acceptors (Lipinski definition) is 11. The van der Waals surface area contributed by atoms with E-state index in [0.717, 1.165) is 18.5 Å². The van der Waals surface area contributed by atoms with Gasteiger partial charge in [-0.2, -0.15) is 20.5 Å². The zero-order valence-corrected chi connectivity index (χ0v) is 34.4. The van der Waals surface area contributed by atoms with Crippen LogP contribution in [0, 0.1) is 20.9 Å². The van der Waals surface area contributed by atoms with Crippen LogP contribution in [0.15, 0.2) is 93.3 Å². The number of esters is 2. The van der Waals surface area contributed by atoms with Gasteiger partial charge < -0.3 is 14.4 Å². The number of likely N-dealkylation sites (N-methyl/N-ethyl adjacent to an activating group) is 1. The van der Waals surface area contributed by atoms with Crippen molar-refractivity contribution in [2.75, 3.05) is 31.2 Å². The van der Waals surface area contributed by atoms with E-state index in [1.54, 1.807) is 24.3 Å². The molecule has 0 spiro atoms. The van der Waals surface area contributed by atoms with Gasteiger partial charge in [0.2, 0.25) is 0 Å². The number of rotatable bonds is 26. The number of nitro groups is 1. The molecule has 0 aliphatic heterocycles. The van der Waals surface area contributed by atoms with Crippen molar-refractivity contribution >= 4 is 46.1 Å². The highest BCUT2D eigenvalue weighted by atomic mass is 16.6. The highest BCUT2D eigenvalue weighted by Gasteiger charge is 2.43. The minimum Gasteiger partial charge on any atom is -0.465 e. The summed E-state index contributed by atoms with van der Waals surface area (Å²) in [5, 5.41) is 27.8. The third kappa shape index (κ3) is 15.6. The first-order valence-corrected chi connectivity index (χ1v) is 20.3. The fourth-order valence-corrected chi connectivity index (χ4v) is 6.42. The number of nitro benzene ring substituents is 1. The van der Waals surface area contributed by atoms with Gasteiger partial charge >= 0.3 is 11.9 Å². The number of azo groups is 2. The monoisotopic (exact) mass is 770 g/mol. The molecule has 0 saturated carbocycles. The Bertz CT molecular complexity index is 1690. The van der Waals surface area contributed by atoms with E-state index in [2.05, 4.69) is 32.3 Å². The molecule has 0 aliphatic rings. The van der Waals surface area contributed by atoms with Crippen molar-refractivity contribution < 1.29 is 24.0 Å². The van der Waals surface area contributed by atoms with Gasteiger partial charge in [0, 0.05) is 24.4 Å². The lowest BCUT2D eigenvalue weighted by Gasteiger charge is -2.34. The lowest BCUT2D eigenvalue weighted by molar-refractivity contribution is -0.384. The third-order valence-corrected chi connectivity index (χ3v) is 10.1. The summed E-state index contributed by atoms with van der Waals surface area (Å²) in [6, 6.07) is 20.6. The zero-order valence-electron chi connectivity index (χ0n) is 34.4. The van der Waals surface area contributed by atoms with Crippen molar-refractivity contribution in [3.05, 3.63) is 82.9 Å². The van der Waals surface area contributed by atoms with Gasteiger partial charge in [0.25, 0.3) is 5.69 Å². The first-order valence-electron chi connectivity index (χ1n) is 20.3. The Morgan fingerprint density at radius 2 is 1.05 bits per heavy atom. The second-order valence-electron chi connectivity index (χ2n) is 15.2. The van der Waals surface area contributed by atoms with Crippen molar-refractivity contribution in [2.24, 2.45) is 31.3 Å². The molecule has 0 N–H and O–H groups in total. The Morgan fingerprint density at radius 1 is 0.625 bits per heavy atom. The molecule has 3 aromatic carbocycles. The quantitative estimate of drug-likeness (QED) is 0.0259. The van der Waals surface area contributed by atoms with E-state index >= 15 is 0 Å². The van der Waals surface area contributed by atoms with Gasteiger partial charge in [-0.05, 0) is 108 Å². The summed E-state index contributed by atoms with van der Waals surface area (Å²) in [6.07, 6.45) is 13.2. The number of carbonyl (C=O) groups is 2. The molecule has 3 rings (SSSR count). The van der Waals surface area contributed by atoms with Crippen LogP contribution >= 0.6 is 0 Å². The molecule has 0 fully saturated rings. The molecule has 0 heterocycles. The maximum Gasteiger partial charge on any atom is 0.311 e. The molecule has 0 aromatic heterocycles. The minimum atomic E-state index is -0.857. The standard InChI is InChI=1S/C44H62N6O6/c1-7-10-11-12-13-14-15-16-17-18-32-55-42(52)44(6,8-2)34-43(4,5)41(51)56-33-31-49(9-3)39-27-23-37(24-28-39)47-45-35-19-21-36(22-20-35)46-48-38-25-29-40(30-26-38)50(53)54/h19-30H,7-18,31-34H2,1-6H3. The van der Waals surface area contributed by atoms with Gasteiger partial charge in [0.15, 0.2) is 0 Å². The topological polar surface area (TPSA) is 148 Å². The van der Waals surface area contributed by atoms with Gasteiger partial charge in [-0.1, -0.05) is 71.6 Å². The minimum absolute atomic E-state index is 0.00355. The van der Waals surface area contributed by atoms with Crippen LogP contribution in [-0.2, 0) is 19.1 Å². The van der Waals surface area contributed by atoms with E-state index in [0.29, 0.717) is 55.3 Å². The van der Waals surface area contributed by atoms with Crippen molar-refractivity contribution in [3.63, 3.8) is 0 Å². The van der Waals surface area contributed by atoms with Crippen molar-refractivity contribution in [2.45, 2.75) is 119 Å². The van der Waals surface area contributed by atoms with Crippen LogP contribution in [0.2, 0.25) is 0 Å². The molecule has 0 aliphatic carbocycles. The smallest absolute Gasteiger partial charge is 0.311 e. The molecule has 12 nitrogen and oxygen atoms in total. The molecule has 0 radical (unpaired) electrons. The van der Waals surface area contributed by atoms with E-state index in [1.165, 1.54) is 75.6 Å². The summed E-state index contributed by atoms with van der Waals surface area (Å²) in [5.74, 6) is -0.567. The van der Waals surface area contributed by atoms with Crippen LogP contribution in [0.4, 0.5) is 34.1 Å². The second kappa shape index (κ2) is 23.8. The van der Waals surface area contributed by atoms with Gasteiger partial charge in [0.05, 0.1) is 51.7 Å². The Balaban J connectivity index is 1.41. The van der Waals surface area contributed by atoms with Crippen LogP contribution in [0.25, 0.3) is 0 Å². The predicted octanol–water partition coefficient (Wildman–Crippen LogP) is 13.1. The van der Waals surface area contributed by atoms with Gasteiger partial charge in [0.1, 0.15) is 6.61 Å². The molecular formula is C44H62N6O6. The lowest BCUT2D eigenvalue weighted by Crippen LogP contribution is -2.39. The maximum absolute atomic E-state index is 13.3. The number of anilines is 1.